The van der Waals surface area contributed by atoms with E-state index in [0.717, 1.165) is 16.3 Å². The van der Waals surface area contributed by atoms with Crippen LogP contribution in [0.4, 0.5) is 4.39 Å². The molecule has 0 aliphatic rings. The van der Waals surface area contributed by atoms with Crippen LogP contribution in [0.2, 0.25) is 0 Å². The Morgan fingerprint density at radius 2 is 1.80 bits per heavy atom. The summed E-state index contributed by atoms with van der Waals surface area (Å²) in [5, 5.41) is 2.15. The van der Waals surface area contributed by atoms with Gasteiger partial charge in [0.1, 0.15) is 11.3 Å². The molecule has 4 rings (SSSR count). The lowest BCUT2D eigenvalue weighted by molar-refractivity contribution is 0.611. The smallest absolute Gasteiger partial charge is 0.227 e. The molecule has 0 radical (unpaired) electrons. The van der Waals surface area contributed by atoms with Crippen LogP contribution >= 0.6 is 0 Å². The summed E-state index contributed by atoms with van der Waals surface area (Å²) in [6.07, 6.45) is 0. The standard InChI is InChI=1S/C17H10FNO/c18-13-6-3-5-12(10-13)17-19-16-14-7-2-1-4-11(14)8-9-15(16)20-17/h1-10H. The highest BCUT2D eigenvalue weighted by molar-refractivity contribution is 6.03. The molecular formula is C17H10FNO. The Balaban J connectivity index is 2.01. The largest absolute Gasteiger partial charge is 0.436 e. The number of rotatable bonds is 1. The van der Waals surface area contributed by atoms with Crippen molar-refractivity contribution in [2.45, 2.75) is 0 Å². The minimum absolute atomic E-state index is 0.297. The van der Waals surface area contributed by atoms with Crippen LogP contribution in [-0.4, -0.2) is 4.98 Å². The van der Waals surface area contributed by atoms with E-state index < -0.39 is 0 Å². The van der Waals surface area contributed by atoms with Crippen LogP contribution in [0.1, 0.15) is 0 Å². The number of oxazole rings is 1. The zero-order chi connectivity index (χ0) is 13.5. The number of aromatic nitrogens is 1. The molecule has 0 unspecified atom stereocenters. The topological polar surface area (TPSA) is 26.0 Å². The van der Waals surface area contributed by atoms with Crippen molar-refractivity contribution in [3.05, 3.63) is 66.5 Å². The molecule has 2 nitrogen and oxygen atoms in total. The molecule has 4 aromatic rings. The van der Waals surface area contributed by atoms with Gasteiger partial charge in [-0.25, -0.2) is 9.37 Å². The number of hydrogen-bond acceptors (Lipinski definition) is 2. The molecule has 1 heterocycles. The van der Waals surface area contributed by atoms with Crippen molar-refractivity contribution < 1.29 is 8.81 Å². The van der Waals surface area contributed by atoms with Crippen LogP contribution in [0.25, 0.3) is 33.3 Å². The van der Waals surface area contributed by atoms with E-state index in [2.05, 4.69) is 4.98 Å². The van der Waals surface area contributed by atoms with Crippen LogP contribution in [0, 0.1) is 5.82 Å². The highest BCUT2D eigenvalue weighted by atomic mass is 19.1. The summed E-state index contributed by atoms with van der Waals surface area (Å²) >= 11 is 0. The summed E-state index contributed by atoms with van der Waals surface area (Å²) in [5.41, 5.74) is 2.16. The maximum Gasteiger partial charge on any atom is 0.227 e. The number of nitrogens with zero attached hydrogens (tertiary/aromatic N) is 1. The van der Waals surface area contributed by atoms with Crippen molar-refractivity contribution in [3.8, 4) is 11.5 Å². The van der Waals surface area contributed by atoms with Crippen molar-refractivity contribution >= 4 is 21.9 Å². The third-order valence-electron chi connectivity index (χ3n) is 3.36. The highest BCUT2D eigenvalue weighted by Gasteiger charge is 2.11. The summed E-state index contributed by atoms with van der Waals surface area (Å²) in [6.45, 7) is 0. The molecule has 3 heteroatoms. The van der Waals surface area contributed by atoms with Crippen molar-refractivity contribution in [2.24, 2.45) is 0 Å². The number of benzene rings is 3. The Hall–Kier alpha value is -2.68. The Labute approximate surface area is 114 Å². The van der Waals surface area contributed by atoms with E-state index in [1.165, 1.54) is 12.1 Å². The van der Waals surface area contributed by atoms with Crippen LogP contribution in [0.3, 0.4) is 0 Å². The minimum atomic E-state index is -0.297. The Kier molecular flexibility index (Phi) is 2.33. The zero-order valence-corrected chi connectivity index (χ0v) is 10.5. The molecule has 20 heavy (non-hydrogen) atoms. The molecule has 0 saturated heterocycles. The molecular weight excluding hydrogens is 253 g/mol. The first-order valence-electron chi connectivity index (χ1n) is 6.35. The van der Waals surface area contributed by atoms with Crippen molar-refractivity contribution in [1.29, 1.82) is 0 Å². The Morgan fingerprint density at radius 1 is 0.900 bits per heavy atom. The molecule has 0 aliphatic heterocycles. The van der Waals surface area contributed by atoms with Crippen LogP contribution in [-0.2, 0) is 0 Å². The molecule has 1 aromatic heterocycles. The Bertz CT molecular complexity index is 926. The van der Waals surface area contributed by atoms with Crippen molar-refractivity contribution in [2.75, 3.05) is 0 Å². The fourth-order valence-electron chi connectivity index (χ4n) is 2.41. The molecule has 96 valence electrons. The predicted molar refractivity (Wildman–Crippen MR) is 76.9 cm³/mol. The van der Waals surface area contributed by atoms with Gasteiger partial charge in [-0.2, -0.15) is 0 Å². The van der Waals surface area contributed by atoms with E-state index in [1.807, 2.05) is 36.4 Å². The quantitative estimate of drug-likeness (QED) is 0.493. The second kappa shape index (κ2) is 4.17. The maximum absolute atomic E-state index is 13.3. The summed E-state index contributed by atoms with van der Waals surface area (Å²) in [6, 6.07) is 18.2. The zero-order valence-electron chi connectivity index (χ0n) is 10.5. The van der Waals surface area contributed by atoms with Crippen LogP contribution in [0.5, 0.6) is 0 Å². The molecule has 3 aromatic carbocycles. The normalized spacial score (nSPS) is 11.2. The van der Waals surface area contributed by atoms with E-state index in [-0.39, 0.29) is 5.82 Å². The monoisotopic (exact) mass is 263 g/mol. The van der Waals surface area contributed by atoms with Gasteiger partial charge < -0.3 is 4.42 Å². The van der Waals surface area contributed by atoms with Crippen molar-refractivity contribution in [1.82, 2.24) is 4.98 Å². The molecule has 0 saturated carbocycles. The minimum Gasteiger partial charge on any atom is -0.436 e. The SMILES string of the molecule is Fc1cccc(-c2nc3c(ccc4ccccc43)o2)c1. The predicted octanol–water partition coefficient (Wildman–Crippen LogP) is 4.79. The number of hydrogen-bond donors (Lipinski definition) is 0. The molecule has 0 fully saturated rings. The molecule has 0 spiro atoms. The molecule has 0 atom stereocenters. The van der Waals surface area contributed by atoms with E-state index in [0.29, 0.717) is 17.0 Å². The van der Waals surface area contributed by atoms with E-state index in [1.54, 1.807) is 12.1 Å². The van der Waals surface area contributed by atoms with Crippen molar-refractivity contribution in [3.63, 3.8) is 0 Å². The van der Waals surface area contributed by atoms with Crippen LogP contribution < -0.4 is 0 Å². The van der Waals surface area contributed by atoms with Gasteiger partial charge in [0.05, 0.1) is 0 Å². The summed E-state index contributed by atoms with van der Waals surface area (Å²) in [4.78, 5) is 4.52. The average molecular weight is 263 g/mol. The van der Waals surface area contributed by atoms with Gasteiger partial charge in [0, 0.05) is 10.9 Å². The third kappa shape index (κ3) is 1.67. The van der Waals surface area contributed by atoms with Gasteiger partial charge in [-0.15, -0.1) is 0 Å². The van der Waals surface area contributed by atoms with Gasteiger partial charge in [-0.1, -0.05) is 36.4 Å². The first kappa shape index (κ1) is 11.2. The second-order valence-corrected chi connectivity index (χ2v) is 4.66. The second-order valence-electron chi connectivity index (χ2n) is 4.66. The lowest BCUT2D eigenvalue weighted by Gasteiger charge is -1.95. The third-order valence-corrected chi connectivity index (χ3v) is 3.36. The summed E-state index contributed by atoms with van der Waals surface area (Å²) in [7, 11) is 0. The summed E-state index contributed by atoms with van der Waals surface area (Å²) < 4.78 is 19.0. The fraction of sp³-hybridized carbons (Fsp3) is 0. The average Bonchev–Trinajstić information content (AvgIpc) is 2.92. The Morgan fingerprint density at radius 3 is 2.70 bits per heavy atom. The van der Waals surface area contributed by atoms with Gasteiger partial charge in [0.2, 0.25) is 5.89 Å². The lowest BCUT2D eigenvalue weighted by atomic mass is 10.1. The molecule has 0 amide bonds. The lowest BCUT2D eigenvalue weighted by Crippen LogP contribution is -1.79. The number of halogens is 1. The van der Waals surface area contributed by atoms with Gasteiger partial charge in [0.25, 0.3) is 0 Å². The van der Waals surface area contributed by atoms with Gasteiger partial charge in [-0.05, 0) is 29.7 Å². The first-order valence-corrected chi connectivity index (χ1v) is 6.35. The molecule has 0 aliphatic carbocycles. The van der Waals surface area contributed by atoms with Gasteiger partial charge >= 0.3 is 0 Å². The van der Waals surface area contributed by atoms with Crippen LogP contribution in [0.15, 0.2) is 65.1 Å². The van der Waals surface area contributed by atoms with Gasteiger partial charge in [0.15, 0.2) is 5.58 Å². The first-order chi connectivity index (χ1) is 9.81. The fourth-order valence-corrected chi connectivity index (χ4v) is 2.41. The summed E-state index contributed by atoms with van der Waals surface area (Å²) in [5.74, 6) is 0.144. The van der Waals surface area contributed by atoms with E-state index in [4.69, 9.17) is 4.42 Å². The molecule has 0 N–H and O–H groups in total. The number of fused-ring (bicyclic) bond motifs is 3. The van der Waals surface area contributed by atoms with Gasteiger partial charge in [-0.3, -0.25) is 0 Å². The molecule has 0 bridgehead atoms. The van der Waals surface area contributed by atoms with E-state index in [9.17, 15) is 4.39 Å². The maximum atomic E-state index is 13.3. The highest BCUT2D eigenvalue weighted by Crippen LogP contribution is 2.29. The van der Waals surface area contributed by atoms with E-state index >= 15 is 0 Å².